The Morgan fingerprint density at radius 3 is 2.38 bits per heavy atom. The molecule has 0 unspecified atom stereocenters. The summed E-state index contributed by atoms with van der Waals surface area (Å²) in [7, 11) is 0. The number of alkyl halides is 3. The number of nitrogens with zero attached hydrogens (tertiary/aromatic N) is 2. The molecule has 7 heteroatoms. The number of hydrogen-bond acceptors (Lipinski definition) is 3. The number of carbonyl (C=O) groups excluding carboxylic acids is 1. The van der Waals surface area contributed by atoms with Crippen molar-refractivity contribution in [1.29, 1.82) is 5.26 Å². The first-order chi connectivity index (χ1) is 7.41. The third-order valence-electron chi connectivity index (χ3n) is 1.69. The summed E-state index contributed by atoms with van der Waals surface area (Å²) in [6.07, 6.45) is -4.18. The van der Waals surface area contributed by atoms with E-state index >= 15 is 0 Å². The largest absolute Gasteiger partial charge is 0.421 e. The molecule has 0 heterocycles. The van der Waals surface area contributed by atoms with Gasteiger partial charge in [0.2, 0.25) is 6.08 Å². The molecule has 0 atom stereocenters. The number of isocyanates is 1. The maximum atomic E-state index is 13.0. The Hall–Kier alpha value is -2.19. The lowest BCUT2D eigenvalue weighted by Gasteiger charge is -2.10. The topological polar surface area (TPSA) is 53.2 Å². The lowest BCUT2D eigenvalue weighted by Crippen LogP contribution is -2.09. The standard InChI is InChI=1S/C9H2F4N2O/c10-6-2-1-5(3-14)8(15-4-16)7(6)9(11,12)13/h1-2H. The molecular weight excluding hydrogens is 228 g/mol. The van der Waals surface area contributed by atoms with Crippen LogP contribution in [0.3, 0.4) is 0 Å². The predicted octanol–water partition coefficient (Wildman–Crippen LogP) is 2.68. The van der Waals surface area contributed by atoms with Gasteiger partial charge in [-0.15, -0.1) is 0 Å². The minimum absolute atomic E-state index is 0.491. The van der Waals surface area contributed by atoms with Gasteiger partial charge in [-0.1, -0.05) is 0 Å². The number of benzene rings is 1. The Labute approximate surface area is 86.6 Å². The van der Waals surface area contributed by atoms with Gasteiger partial charge in [0.25, 0.3) is 0 Å². The first kappa shape index (κ1) is 11.9. The molecule has 0 N–H and O–H groups in total. The summed E-state index contributed by atoms with van der Waals surface area (Å²) in [4.78, 5) is 12.7. The van der Waals surface area contributed by atoms with Crippen molar-refractivity contribution < 1.29 is 22.4 Å². The third-order valence-corrected chi connectivity index (χ3v) is 1.69. The monoisotopic (exact) mass is 230 g/mol. The minimum atomic E-state index is -5.04. The maximum Gasteiger partial charge on any atom is 0.421 e. The molecule has 0 aliphatic rings. The summed E-state index contributed by atoms with van der Waals surface area (Å²) in [6, 6.07) is 2.68. The number of rotatable bonds is 1. The average molecular weight is 230 g/mol. The molecule has 0 amide bonds. The normalized spacial score (nSPS) is 10.4. The lowest BCUT2D eigenvalue weighted by molar-refractivity contribution is -0.139. The Morgan fingerprint density at radius 2 is 1.94 bits per heavy atom. The van der Waals surface area contributed by atoms with Gasteiger partial charge in [-0.2, -0.15) is 23.4 Å². The van der Waals surface area contributed by atoms with Crippen LogP contribution < -0.4 is 0 Å². The van der Waals surface area contributed by atoms with Crippen molar-refractivity contribution in [3.05, 3.63) is 29.1 Å². The summed E-state index contributed by atoms with van der Waals surface area (Å²) in [5.41, 5.74) is -3.34. The molecule has 1 aromatic carbocycles. The van der Waals surface area contributed by atoms with E-state index in [-0.39, 0.29) is 0 Å². The zero-order valence-corrected chi connectivity index (χ0v) is 7.47. The molecule has 16 heavy (non-hydrogen) atoms. The first-order valence-corrected chi connectivity index (χ1v) is 3.79. The number of hydrogen-bond donors (Lipinski definition) is 0. The summed E-state index contributed by atoms with van der Waals surface area (Å²) in [5.74, 6) is -1.60. The van der Waals surface area contributed by atoms with Crippen LogP contribution in [-0.2, 0) is 11.0 Å². The molecule has 1 rings (SSSR count). The number of aliphatic imine (C=N–C) groups is 1. The molecule has 82 valence electrons. The predicted molar refractivity (Wildman–Crippen MR) is 43.9 cm³/mol. The van der Waals surface area contributed by atoms with Gasteiger partial charge in [0.05, 0.1) is 5.56 Å². The molecule has 0 saturated carbocycles. The fourth-order valence-corrected chi connectivity index (χ4v) is 1.09. The van der Waals surface area contributed by atoms with Gasteiger partial charge in [-0.05, 0) is 12.1 Å². The molecule has 1 aromatic rings. The van der Waals surface area contributed by atoms with Crippen LogP contribution >= 0.6 is 0 Å². The van der Waals surface area contributed by atoms with Crippen LogP contribution in [0.25, 0.3) is 0 Å². The third kappa shape index (κ3) is 2.07. The van der Waals surface area contributed by atoms with E-state index in [0.29, 0.717) is 6.07 Å². The highest BCUT2D eigenvalue weighted by molar-refractivity contribution is 5.64. The van der Waals surface area contributed by atoms with E-state index in [4.69, 9.17) is 5.26 Å². The van der Waals surface area contributed by atoms with Crippen LogP contribution in [0.15, 0.2) is 17.1 Å². The van der Waals surface area contributed by atoms with E-state index in [1.54, 1.807) is 0 Å². The number of halogens is 4. The SMILES string of the molecule is N#Cc1ccc(F)c(C(F)(F)F)c1N=C=O. The van der Waals surface area contributed by atoms with Crippen molar-refractivity contribution in [2.75, 3.05) is 0 Å². The van der Waals surface area contributed by atoms with Crippen molar-refractivity contribution in [2.45, 2.75) is 6.18 Å². The van der Waals surface area contributed by atoms with Gasteiger partial charge in [-0.25, -0.2) is 9.18 Å². The highest BCUT2D eigenvalue weighted by atomic mass is 19.4. The van der Waals surface area contributed by atoms with Crippen LogP contribution in [0.1, 0.15) is 11.1 Å². The smallest absolute Gasteiger partial charge is 0.211 e. The van der Waals surface area contributed by atoms with Crippen LogP contribution in [-0.4, -0.2) is 6.08 Å². The van der Waals surface area contributed by atoms with E-state index in [0.717, 1.165) is 12.1 Å². The average Bonchev–Trinajstić information content (AvgIpc) is 2.16. The maximum absolute atomic E-state index is 13.0. The molecule has 3 nitrogen and oxygen atoms in total. The van der Waals surface area contributed by atoms with Crippen LogP contribution in [0.5, 0.6) is 0 Å². The highest BCUT2D eigenvalue weighted by Crippen LogP contribution is 2.39. The quantitative estimate of drug-likeness (QED) is 0.423. The van der Waals surface area contributed by atoms with Gasteiger partial charge in [-0.3, -0.25) is 0 Å². The minimum Gasteiger partial charge on any atom is -0.211 e. The molecule has 0 spiro atoms. The zero-order valence-electron chi connectivity index (χ0n) is 7.47. The van der Waals surface area contributed by atoms with E-state index < -0.39 is 28.8 Å². The van der Waals surface area contributed by atoms with Crippen molar-refractivity contribution in [2.24, 2.45) is 4.99 Å². The first-order valence-electron chi connectivity index (χ1n) is 3.79. The fourth-order valence-electron chi connectivity index (χ4n) is 1.09. The Bertz CT molecular complexity index is 509. The lowest BCUT2D eigenvalue weighted by atomic mass is 10.1. The molecule has 0 aliphatic heterocycles. The Balaban J connectivity index is 3.69. The van der Waals surface area contributed by atoms with Gasteiger partial charge in [0.1, 0.15) is 23.1 Å². The summed E-state index contributed by atoms with van der Waals surface area (Å²) >= 11 is 0. The fraction of sp³-hybridized carbons (Fsp3) is 0.111. The Kier molecular flexibility index (Phi) is 3.06. The van der Waals surface area contributed by atoms with Crippen molar-refractivity contribution in [3.63, 3.8) is 0 Å². The second-order valence-corrected chi connectivity index (χ2v) is 2.63. The molecule has 0 radical (unpaired) electrons. The van der Waals surface area contributed by atoms with Crippen molar-refractivity contribution >= 4 is 11.8 Å². The second-order valence-electron chi connectivity index (χ2n) is 2.63. The van der Waals surface area contributed by atoms with E-state index in [1.807, 2.05) is 0 Å². The number of nitriles is 1. The van der Waals surface area contributed by atoms with Gasteiger partial charge in [0.15, 0.2) is 0 Å². The van der Waals surface area contributed by atoms with E-state index in [2.05, 4.69) is 4.99 Å². The van der Waals surface area contributed by atoms with Crippen molar-refractivity contribution in [3.8, 4) is 6.07 Å². The Morgan fingerprint density at radius 1 is 1.31 bits per heavy atom. The molecule has 0 aromatic heterocycles. The van der Waals surface area contributed by atoms with Gasteiger partial charge < -0.3 is 0 Å². The van der Waals surface area contributed by atoms with Gasteiger partial charge in [0, 0.05) is 0 Å². The highest BCUT2D eigenvalue weighted by Gasteiger charge is 2.38. The van der Waals surface area contributed by atoms with E-state index in [9.17, 15) is 22.4 Å². The molecular formula is C9H2F4N2O. The van der Waals surface area contributed by atoms with Gasteiger partial charge >= 0.3 is 6.18 Å². The zero-order chi connectivity index (χ0) is 12.3. The molecule has 0 fully saturated rings. The molecule has 0 bridgehead atoms. The second kappa shape index (κ2) is 4.13. The van der Waals surface area contributed by atoms with Crippen LogP contribution in [0.4, 0.5) is 23.2 Å². The van der Waals surface area contributed by atoms with Crippen LogP contribution in [0.2, 0.25) is 0 Å². The van der Waals surface area contributed by atoms with Crippen LogP contribution in [0, 0.1) is 17.1 Å². The van der Waals surface area contributed by atoms with Crippen molar-refractivity contribution in [1.82, 2.24) is 0 Å². The van der Waals surface area contributed by atoms with E-state index in [1.165, 1.54) is 6.07 Å². The summed E-state index contributed by atoms with van der Waals surface area (Å²) < 4.78 is 50.2. The molecule has 0 saturated heterocycles. The summed E-state index contributed by atoms with van der Waals surface area (Å²) in [6.45, 7) is 0. The summed E-state index contributed by atoms with van der Waals surface area (Å²) in [5, 5.41) is 8.50. The molecule has 0 aliphatic carbocycles.